The van der Waals surface area contributed by atoms with Gasteiger partial charge >= 0.3 is 6.03 Å². The molecular weight excluding hydrogens is 220 g/mol. The van der Waals surface area contributed by atoms with E-state index in [1.165, 1.54) is 16.3 Å². The van der Waals surface area contributed by atoms with Crippen LogP contribution in [0.2, 0.25) is 0 Å². The average Bonchev–Trinajstić information content (AvgIpc) is 2.35. The first-order valence-corrected chi connectivity index (χ1v) is 5.92. The second-order valence-corrected chi connectivity index (χ2v) is 4.44. The van der Waals surface area contributed by atoms with Crippen molar-refractivity contribution >= 4 is 11.9 Å². The molecule has 17 heavy (non-hydrogen) atoms. The Morgan fingerprint density at radius 1 is 1.12 bits per heavy atom. The molecule has 1 aliphatic heterocycles. The van der Waals surface area contributed by atoms with Crippen LogP contribution in [-0.4, -0.2) is 67.5 Å². The largest absolute Gasteiger partial charge is 0.341 e. The fourth-order valence-electron chi connectivity index (χ4n) is 1.76. The van der Waals surface area contributed by atoms with E-state index in [0.717, 1.165) is 25.9 Å². The highest BCUT2D eigenvalue weighted by Gasteiger charge is 2.18. The Kier molecular flexibility index (Phi) is 5.21. The van der Waals surface area contributed by atoms with E-state index in [1.54, 1.807) is 21.1 Å². The summed E-state index contributed by atoms with van der Waals surface area (Å²) in [6.45, 7) is 1.69. The van der Waals surface area contributed by atoms with Gasteiger partial charge in [-0.15, -0.1) is 5.43 Å². The van der Waals surface area contributed by atoms with Crippen molar-refractivity contribution in [3.8, 4) is 0 Å². The third-order valence-electron chi connectivity index (χ3n) is 2.79. The van der Waals surface area contributed by atoms with Crippen LogP contribution in [0.25, 0.3) is 0 Å². The van der Waals surface area contributed by atoms with Crippen LogP contribution in [0.4, 0.5) is 4.79 Å². The minimum absolute atomic E-state index is 0.00288. The predicted molar refractivity (Wildman–Crippen MR) is 64.3 cm³/mol. The molecule has 0 aliphatic carbocycles. The molecule has 6 nitrogen and oxygen atoms in total. The molecule has 1 radical (unpaired) electrons. The monoisotopic (exact) mass is 241 g/mol. The summed E-state index contributed by atoms with van der Waals surface area (Å²) in [4.78, 5) is 26.5. The Hall–Kier alpha value is -1.30. The van der Waals surface area contributed by atoms with Gasteiger partial charge in [-0.25, -0.2) is 9.80 Å². The summed E-state index contributed by atoms with van der Waals surface area (Å²) >= 11 is 0. The van der Waals surface area contributed by atoms with Gasteiger partial charge in [0.15, 0.2) is 0 Å². The molecule has 0 N–H and O–H groups in total. The summed E-state index contributed by atoms with van der Waals surface area (Å²) in [5, 5.41) is 1.21. The highest BCUT2D eigenvalue weighted by Crippen LogP contribution is 2.08. The molecular formula is C11H21N4O2. The second-order valence-electron chi connectivity index (χ2n) is 4.44. The van der Waals surface area contributed by atoms with Gasteiger partial charge < -0.3 is 9.80 Å². The third-order valence-corrected chi connectivity index (χ3v) is 2.79. The number of carbonyl (C=O) groups is 2. The van der Waals surface area contributed by atoms with Crippen LogP contribution in [0.3, 0.4) is 0 Å². The van der Waals surface area contributed by atoms with Gasteiger partial charge in [-0.05, 0) is 19.3 Å². The molecule has 1 aliphatic rings. The van der Waals surface area contributed by atoms with Crippen LogP contribution >= 0.6 is 0 Å². The Bertz CT molecular complexity index is 275. The lowest BCUT2D eigenvalue weighted by Crippen LogP contribution is -2.46. The molecule has 1 saturated heterocycles. The van der Waals surface area contributed by atoms with Crippen molar-refractivity contribution in [1.82, 2.24) is 20.2 Å². The van der Waals surface area contributed by atoms with Gasteiger partial charge in [-0.3, -0.25) is 4.79 Å². The predicted octanol–water partition coefficient (Wildman–Crippen LogP) is 0.132. The molecule has 0 unspecified atom stereocenters. The Balaban J connectivity index is 2.29. The molecule has 0 bridgehead atoms. The molecule has 0 spiro atoms. The number of likely N-dealkylation sites (tertiary alicyclic amines) is 1. The SMILES string of the molecule is CN(C)C(=O)N(C)[N]CC(=O)N1CCCCC1. The maximum atomic E-state index is 11.8. The second kappa shape index (κ2) is 6.44. The molecule has 1 heterocycles. The average molecular weight is 241 g/mol. The highest BCUT2D eigenvalue weighted by molar-refractivity contribution is 5.79. The maximum Gasteiger partial charge on any atom is 0.334 e. The molecule has 0 atom stereocenters. The van der Waals surface area contributed by atoms with Crippen molar-refractivity contribution in [3.05, 3.63) is 0 Å². The Morgan fingerprint density at radius 2 is 1.71 bits per heavy atom. The zero-order chi connectivity index (χ0) is 12.8. The van der Waals surface area contributed by atoms with E-state index in [-0.39, 0.29) is 18.5 Å². The van der Waals surface area contributed by atoms with E-state index in [4.69, 9.17) is 0 Å². The Morgan fingerprint density at radius 3 is 2.24 bits per heavy atom. The van der Waals surface area contributed by atoms with Gasteiger partial charge in [-0.1, -0.05) is 0 Å². The first kappa shape index (κ1) is 13.8. The smallest absolute Gasteiger partial charge is 0.334 e. The molecule has 0 aromatic heterocycles. The summed E-state index contributed by atoms with van der Waals surface area (Å²) in [6.07, 6.45) is 3.33. The number of urea groups is 1. The lowest BCUT2D eigenvalue weighted by molar-refractivity contribution is -0.131. The molecule has 1 fully saturated rings. The fourth-order valence-corrected chi connectivity index (χ4v) is 1.76. The van der Waals surface area contributed by atoms with Crippen molar-refractivity contribution in [2.24, 2.45) is 0 Å². The van der Waals surface area contributed by atoms with Gasteiger partial charge in [0.25, 0.3) is 0 Å². The number of piperidine rings is 1. The number of rotatable bonds is 3. The first-order valence-electron chi connectivity index (χ1n) is 5.92. The van der Waals surface area contributed by atoms with Gasteiger partial charge in [0.1, 0.15) is 6.54 Å². The van der Waals surface area contributed by atoms with Gasteiger partial charge in [-0.2, -0.15) is 0 Å². The molecule has 1 rings (SSSR count). The van der Waals surface area contributed by atoms with E-state index >= 15 is 0 Å². The van der Waals surface area contributed by atoms with Gasteiger partial charge in [0.2, 0.25) is 5.91 Å². The first-order chi connectivity index (χ1) is 8.02. The number of hydrogen-bond acceptors (Lipinski definition) is 2. The van der Waals surface area contributed by atoms with Crippen LogP contribution in [0.1, 0.15) is 19.3 Å². The van der Waals surface area contributed by atoms with Crippen LogP contribution in [-0.2, 0) is 4.79 Å². The summed E-state index contributed by atoms with van der Waals surface area (Å²) in [5.41, 5.74) is 3.97. The zero-order valence-corrected chi connectivity index (χ0v) is 10.8. The van der Waals surface area contributed by atoms with Crippen molar-refractivity contribution in [1.29, 1.82) is 0 Å². The van der Waals surface area contributed by atoms with Crippen molar-refractivity contribution < 1.29 is 9.59 Å². The molecule has 6 heteroatoms. The summed E-state index contributed by atoms with van der Waals surface area (Å²) < 4.78 is 0. The third kappa shape index (κ3) is 4.22. The topological polar surface area (TPSA) is 58.0 Å². The standard InChI is InChI=1S/C11H21N4O2/c1-13(2)11(17)14(3)12-9-10(16)15-7-5-4-6-8-15/h4-9H2,1-3H3. The number of nitrogens with zero attached hydrogens (tertiary/aromatic N) is 4. The van der Waals surface area contributed by atoms with Crippen LogP contribution in [0.5, 0.6) is 0 Å². The van der Waals surface area contributed by atoms with Crippen molar-refractivity contribution in [2.75, 3.05) is 40.8 Å². The van der Waals surface area contributed by atoms with Gasteiger partial charge in [0, 0.05) is 34.2 Å². The minimum Gasteiger partial charge on any atom is -0.341 e. The van der Waals surface area contributed by atoms with Crippen LogP contribution < -0.4 is 5.43 Å². The maximum absolute atomic E-state index is 11.8. The lowest BCUT2D eigenvalue weighted by atomic mass is 10.1. The van der Waals surface area contributed by atoms with Crippen molar-refractivity contribution in [3.63, 3.8) is 0 Å². The van der Waals surface area contributed by atoms with E-state index in [0.29, 0.717) is 0 Å². The van der Waals surface area contributed by atoms with Crippen molar-refractivity contribution in [2.45, 2.75) is 19.3 Å². The quantitative estimate of drug-likeness (QED) is 0.660. The van der Waals surface area contributed by atoms with E-state index in [9.17, 15) is 9.59 Å². The number of amides is 3. The lowest BCUT2D eigenvalue weighted by Gasteiger charge is -2.27. The number of carbonyl (C=O) groups excluding carboxylic acids is 2. The normalized spacial score (nSPS) is 15.6. The fraction of sp³-hybridized carbons (Fsp3) is 0.818. The molecule has 0 aromatic rings. The summed E-state index contributed by atoms with van der Waals surface area (Å²) in [6, 6.07) is -0.226. The molecule has 97 valence electrons. The molecule has 0 aromatic carbocycles. The molecule has 0 saturated carbocycles. The van der Waals surface area contributed by atoms with E-state index in [2.05, 4.69) is 5.43 Å². The summed E-state index contributed by atoms with van der Waals surface area (Å²) in [5.74, 6) is 0.00288. The van der Waals surface area contributed by atoms with Crippen LogP contribution in [0.15, 0.2) is 0 Å². The molecule has 3 amide bonds. The Labute approximate surface area is 103 Å². The highest BCUT2D eigenvalue weighted by atomic mass is 16.2. The number of hydrogen-bond donors (Lipinski definition) is 0. The van der Waals surface area contributed by atoms with Gasteiger partial charge in [0.05, 0.1) is 0 Å². The van der Waals surface area contributed by atoms with E-state index in [1.807, 2.05) is 4.90 Å². The van der Waals surface area contributed by atoms with Crippen LogP contribution in [0, 0.1) is 0 Å². The van der Waals surface area contributed by atoms with E-state index < -0.39 is 0 Å². The summed E-state index contributed by atoms with van der Waals surface area (Å²) in [7, 11) is 4.87. The zero-order valence-electron chi connectivity index (χ0n) is 10.8. The minimum atomic E-state index is -0.226.